The fraction of sp³-hybridized carbons (Fsp3) is 0.750. The van der Waals surface area contributed by atoms with Gasteiger partial charge < -0.3 is 4.74 Å². The smallest absolute Gasteiger partial charge is 0.223 e. The van der Waals surface area contributed by atoms with Gasteiger partial charge in [0.1, 0.15) is 5.75 Å². The van der Waals surface area contributed by atoms with Crippen LogP contribution in [0, 0.1) is 12.3 Å². The Balaban J connectivity index is 2.43. The third kappa shape index (κ3) is 3.77. The van der Waals surface area contributed by atoms with Crippen LogP contribution in [0.25, 0.3) is 0 Å². The molecule has 74 valence electrons. The molecule has 0 aromatic carbocycles. The zero-order valence-electron chi connectivity index (χ0n) is 7.32. The van der Waals surface area contributed by atoms with E-state index in [0.29, 0.717) is 13.2 Å². The van der Waals surface area contributed by atoms with E-state index >= 15 is 0 Å². The number of rotatable bonds is 3. The second kappa shape index (κ2) is 4.61. The second-order valence-electron chi connectivity index (χ2n) is 2.97. The molecular formula is C8H13NO3S. The summed E-state index contributed by atoms with van der Waals surface area (Å²) in [5.74, 6) is 1.87. The van der Waals surface area contributed by atoms with Gasteiger partial charge in [-0.15, -0.1) is 6.42 Å². The second-order valence-corrected chi connectivity index (χ2v) is 4.72. The van der Waals surface area contributed by atoms with E-state index in [1.165, 1.54) is 0 Å². The van der Waals surface area contributed by atoms with Crippen molar-refractivity contribution in [3.8, 4) is 12.3 Å². The normalized spacial score (nSPS) is 19.6. The Morgan fingerprint density at radius 2 is 2.08 bits per heavy atom. The summed E-state index contributed by atoms with van der Waals surface area (Å²) in [6.45, 7) is 1.23. The van der Waals surface area contributed by atoms with E-state index in [2.05, 4.69) is 10.6 Å². The van der Waals surface area contributed by atoms with E-state index in [1.54, 1.807) is 0 Å². The molecule has 1 saturated heterocycles. The lowest BCUT2D eigenvalue weighted by Gasteiger charge is -2.22. The van der Waals surface area contributed by atoms with Crippen molar-refractivity contribution in [1.82, 2.24) is 4.72 Å². The maximum atomic E-state index is 11.2. The summed E-state index contributed by atoms with van der Waals surface area (Å²) in [5.41, 5.74) is 0. The van der Waals surface area contributed by atoms with Gasteiger partial charge in [0.25, 0.3) is 0 Å². The van der Waals surface area contributed by atoms with E-state index in [0.717, 1.165) is 12.8 Å². The van der Waals surface area contributed by atoms with Crippen molar-refractivity contribution < 1.29 is 13.2 Å². The fourth-order valence-electron chi connectivity index (χ4n) is 1.22. The van der Waals surface area contributed by atoms with Gasteiger partial charge >= 0.3 is 0 Å². The molecule has 0 atom stereocenters. The molecular weight excluding hydrogens is 190 g/mol. The van der Waals surface area contributed by atoms with E-state index in [9.17, 15) is 8.42 Å². The summed E-state index contributed by atoms with van der Waals surface area (Å²) >= 11 is 0. The maximum Gasteiger partial charge on any atom is 0.223 e. The minimum absolute atomic E-state index is 0.00731. The van der Waals surface area contributed by atoms with Gasteiger partial charge in [-0.05, 0) is 12.8 Å². The van der Waals surface area contributed by atoms with Crippen LogP contribution >= 0.6 is 0 Å². The quantitative estimate of drug-likeness (QED) is 0.642. The van der Waals surface area contributed by atoms with Crippen molar-refractivity contribution >= 4 is 10.0 Å². The molecule has 1 rings (SSSR count). The molecule has 0 aromatic rings. The molecule has 1 aliphatic rings. The summed E-state index contributed by atoms with van der Waals surface area (Å²) in [6, 6.07) is -0.00731. The highest BCUT2D eigenvalue weighted by molar-refractivity contribution is 7.89. The topological polar surface area (TPSA) is 55.4 Å². The number of hydrogen-bond donors (Lipinski definition) is 1. The van der Waals surface area contributed by atoms with Crippen LogP contribution in [0.3, 0.4) is 0 Å². The van der Waals surface area contributed by atoms with Crippen molar-refractivity contribution in [1.29, 1.82) is 0 Å². The molecule has 13 heavy (non-hydrogen) atoms. The Kier molecular flexibility index (Phi) is 3.72. The summed E-state index contributed by atoms with van der Waals surface area (Å²) in [6.07, 6.45) is 6.38. The van der Waals surface area contributed by atoms with Crippen LogP contribution in [0.2, 0.25) is 0 Å². The molecule has 1 N–H and O–H groups in total. The van der Waals surface area contributed by atoms with E-state index in [-0.39, 0.29) is 11.8 Å². The summed E-state index contributed by atoms with van der Waals surface area (Å²) in [7, 11) is -3.27. The van der Waals surface area contributed by atoms with E-state index < -0.39 is 10.0 Å². The standard InChI is InChI=1S/C8H13NO3S/c1-2-7-13(10,11)9-8-3-5-12-6-4-8/h1,8-9H,3-7H2. The summed E-state index contributed by atoms with van der Waals surface area (Å²) in [5, 5.41) is 0. The van der Waals surface area contributed by atoms with Crippen molar-refractivity contribution in [3.63, 3.8) is 0 Å². The van der Waals surface area contributed by atoms with Gasteiger partial charge in [-0.1, -0.05) is 5.92 Å². The lowest BCUT2D eigenvalue weighted by molar-refractivity contribution is 0.0832. The van der Waals surface area contributed by atoms with Gasteiger partial charge in [-0.3, -0.25) is 0 Å². The predicted octanol–water partition coefficient (Wildman–Crippen LogP) is -0.282. The van der Waals surface area contributed by atoms with E-state index in [1.807, 2.05) is 0 Å². The van der Waals surface area contributed by atoms with Crippen molar-refractivity contribution in [2.45, 2.75) is 18.9 Å². The van der Waals surface area contributed by atoms with Gasteiger partial charge in [0.2, 0.25) is 10.0 Å². The molecule has 1 aliphatic heterocycles. The van der Waals surface area contributed by atoms with Crippen LogP contribution in [-0.2, 0) is 14.8 Å². The highest BCUT2D eigenvalue weighted by atomic mass is 32.2. The van der Waals surface area contributed by atoms with Crippen LogP contribution in [0.5, 0.6) is 0 Å². The molecule has 0 aromatic heterocycles. The Hall–Kier alpha value is -0.570. The van der Waals surface area contributed by atoms with Gasteiger partial charge in [-0.25, -0.2) is 13.1 Å². The molecule has 0 unspecified atom stereocenters. The average Bonchev–Trinajstić information content (AvgIpc) is 2.04. The van der Waals surface area contributed by atoms with Gasteiger partial charge in [0.15, 0.2) is 0 Å². The third-order valence-corrected chi connectivity index (χ3v) is 3.08. The van der Waals surface area contributed by atoms with Crippen LogP contribution in [-0.4, -0.2) is 33.4 Å². The molecule has 0 saturated carbocycles. The number of ether oxygens (including phenoxy) is 1. The molecule has 0 radical (unpaired) electrons. The first-order valence-electron chi connectivity index (χ1n) is 4.15. The number of hydrogen-bond acceptors (Lipinski definition) is 3. The Labute approximate surface area is 78.7 Å². The first kappa shape index (κ1) is 10.5. The highest BCUT2D eigenvalue weighted by Crippen LogP contribution is 2.07. The Morgan fingerprint density at radius 3 is 2.62 bits per heavy atom. The number of sulfonamides is 1. The first-order chi connectivity index (χ1) is 6.14. The van der Waals surface area contributed by atoms with Gasteiger partial charge in [-0.2, -0.15) is 0 Å². The van der Waals surface area contributed by atoms with Gasteiger partial charge in [0.05, 0.1) is 0 Å². The highest BCUT2D eigenvalue weighted by Gasteiger charge is 2.19. The Bertz CT molecular complexity index is 285. The molecule has 1 heterocycles. The monoisotopic (exact) mass is 203 g/mol. The largest absolute Gasteiger partial charge is 0.381 e. The zero-order chi connectivity index (χ0) is 9.73. The summed E-state index contributed by atoms with van der Waals surface area (Å²) in [4.78, 5) is 0. The minimum atomic E-state index is -3.27. The van der Waals surface area contributed by atoms with Crippen LogP contribution in [0.15, 0.2) is 0 Å². The average molecular weight is 203 g/mol. The molecule has 1 fully saturated rings. The van der Waals surface area contributed by atoms with E-state index in [4.69, 9.17) is 11.2 Å². The molecule has 0 amide bonds. The van der Waals surface area contributed by atoms with Crippen LogP contribution in [0.1, 0.15) is 12.8 Å². The number of terminal acetylenes is 1. The molecule has 0 aliphatic carbocycles. The van der Waals surface area contributed by atoms with Gasteiger partial charge in [0, 0.05) is 19.3 Å². The SMILES string of the molecule is C#CCS(=O)(=O)NC1CCOCC1. The third-order valence-electron chi connectivity index (χ3n) is 1.84. The minimum Gasteiger partial charge on any atom is -0.381 e. The Morgan fingerprint density at radius 1 is 1.46 bits per heavy atom. The zero-order valence-corrected chi connectivity index (χ0v) is 8.14. The number of nitrogens with one attached hydrogen (secondary N) is 1. The van der Waals surface area contributed by atoms with Crippen molar-refractivity contribution in [2.75, 3.05) is 19.0 Å². The molecule has 0 bridgehead atoms. The fourth-order valence-corrected chi connectivity index (χ4v) is 2.27. The lowest BCUT2D eigenvalue weighted by Crippen LogP contribution is -2.39. The predicted molar refractivity (Wildman–Crippen MR) is 49.6 cm³/mol. The summed E-state index contributed by atoms with van der Waals surface area (Å²) < 4.78 is 30.1. The van der Waals surface area contributed by atoms with Crippen LogP contribution < -0.4 is 4.72 Å². The molecule has 4 nitrogen and oxygen atoms in total. The van der Waals surface area contributed by atoms with Crippen molar-refractivity contribution in [2.24, 2.45) is 0 Å². The first-order valence-corrected chi connectivity index (χ1v) is 5.80. The molecule has 0 spiro atoms. The van der Waals surface area contributed by atoms with Crippen LogP contribution in [0.4, 0.5) is 0 Å². The maximum absolute atomic E-state index is 11.2. The van der Waals surface area contributed by atoms with Crippen molar-refractivity contribution in [3.05, 3.63) is 0 Å². The molecule has 5 heteroatoms. The lowest BCUT2D eigenvalue weighted by atomic mass is 10.1.